The van der Waals surface area contributed by atoms with E-state index in [-0.39, 0.29) is 11.8 Å². The quantitative estimate of drug-likeness (QED) is 0.777. The zero-order valence-electron chi connectivity index (χ0n) is 13.2. The third-order valence-corrected chi connectivity index (χ3v) is 5.36. The summed E-state index contributed by atoms with van der Waals surface area (Å²) in [5.41, 5.74) is 12.0. The Morgan fingerprint density at radius 2 is 1.91 bits per heavy atom. The molecule has 2 aromatic carbocycles. The Morgan fingerprint density at radius 3 is 2.78 bits per heavy atom. The zero-order chi connectivity index (χ0) is 15.8. The van der Waals surface area contributed by atoms with Crippen LogP contribution in [0.4, 0.5) is 5.69 Å². The van der Waals surface area contributed by atoms with Crippen molar-refractivity contribution in [1.29, 1.82) is 0 Å². The largest absolute Gasteiger partial charge is 0.330 e. The Kier molecular flexibility index (Phi) is 3.66. The highest BCUT2D eigenvalue weighted by Crippen LogP contribution is 2.38. The van der Waals surface area contributed by atoms with Crippen LogP contribution in [0.25, 0.3) is 11.1 Å². The molecule has 3 nitrogen and oxygen atoms in total. The van der Waals surface area contributed by atoms with Crippen LogP contribution in [0.1, 0.15) is 30.4 Å². The lowest BCUT2D eigenvalue weighted by atomic mass is 9.95. The number of carbonyl (C=O) groups excluding carboxylic acids is 1. The van der Waals surface area contributed by atoms with Crippen LogP contribution in [0, 0.1) is 11.8 Å². The van der Waals surface area contributed by atoms with E-state index < -0.39 is 0 Å². The van der Waals surface area contributed by atoms with Crippen molar-refractivity contribution in [2.45, 2.75) is 25.7 Å². The van der Waals surface area contributed by atoms with Gasteiger partial charge in [-0.15, -0.1) is 0 Å². The summed E-state index contributed by atoms with van der Waals surface area (Å²) in [5, 5.41) is 3.11. The second-order valence-corrected chi connectivity index (χ2v) is 6.73. The van der Waals surface area contributed by atoms with Crippen LogP contribution < -0.4 is 11.1 Å². The van der Waals surface area contributed by atoms with E-state index in [0.717, 1.165) is 31.4 Å². The predicted octanol–water partition coefficient (Wildman–Crippen LogP) is 3.57. The van der Waals surface area contributed by atoms with Gasteiger partial charge >= 0.3 is 0 Å². The van der Waals surface area contributed by atoms with Crippen LogP contribution in [0.15, 0.2) is 42.5 Å². The third kappa shape index (κ3) is 2.55. The van der Waals surface area contributed by atoms with Gasteiger partial charge in [-0.2, -0.15) is 0 Å². The zero-order valence-corrected chi connectivity index (χ0v) is 13.2. The third-order valence-electron chi connectivity index (χ3n) is 5.36. The number of fused-ring (bicyclic) bond motifs is 3. The first-order valence-electron chi connectivity index (χ1n) is 8.48. The number of nitrogens with one attached hydrogen (secondary N) is 1. The molecule has 0 aliphatic heterocycles. The number of anilines is 1. The molecule has 0 heterocycles. The molecule has 2 aliphatic carbocycles. The molecule has 0 aromatic heterocycles. The molecular weight excluding hydrogens is 284 g/mol. The molecule has 1 amide bonds. The maximum Gasteiger partial charge on any atom is 0.227 e. The molecule has 0 bridgehead atoms. The van der Waals surface area contributed by atoms with Crippen LogP contribution in [-0.4, -0.2) is 12.5 Å². The minimum Gasteiger partial charge on any atom is -0.330 e. The van der Waals surface area contributed by atoms with Crippen molar-refractivity contribution in [3.05, 3.63) is 53.6 Å². The summed E-state index contributed by atoms with van der Waals surface area (Å²) >= 11 is 0. The maximum atomic E-state index is 12.5. The number of rotatable bonds is 3. The lowest BCUT2D eigenvalue weighted by molar-refractivity contribution is -0.120. The van der Waals surface area contributed by atoms with Gasteiger partial charge in [0.05, 0.1) is 0 Å². The Hall–Kier alpha value is -2.13. The topological polar surface area (TPSA) is 55.1 Å². The fourth-order valence-electron chi connectivity index (χ4n) is 4.12. The molecule has 0 spiro atoms. The smallest absolute Gasteiger partial charge is 0.227 e. The van der Waals surface area contributed by atoms with E-state index >= 15 is 0 Å². The van der Waals surface area contributed by atoms with Gasteiger partial charge in [-0.1, -0.05) is 36.8 Å². The van der Waals surface area contributed by atoms with Gasteiger partial charge in [0.25, 0.3) is 0 Å². The van der Waals surface area contributed by atoms with Crippen LogP contribution in [0.3, 0.4) is 0 Å². The first-order valence-corrected chi connectivity index (χ1v) is 8.48. The van der Waals surface area contributed by atoms with Gasteiger partial charge in [-0.3, -0.25) is 4.79 Å². The molecule has 0 radical (unpaired) electrons. The molecule has 2 aromatic rings. The summed E-state index contributed by atoms with van der Waals surface area (Å²) in [4.78, 5) is 12.5. The highest BCUT2D eigenvalue weighted by atomic mass is 16.1. The predicted molar refractivity (Wildman–Crippen MR) is 93.2 cm³/mol. The first kappa shape index (κ1) is 14.5. The van der Waals surface area contributed by atoms with Crippen LogP contribution in [0.2, 0.25) is 0 Å². The molecule has 0 unspecified atom stereocenters. The van der Waals surface area contributed by atoms with E-state index in [4.69, 9.17) is 5.73 Å². The summed E-state index contributed by atoms with van der Waals surface area (Å²) in [6.45, 7) is 0.609. The Labute approximate surface area is 136 Å². The van der Waals surface area contributed by atoms with E-state index in [9.17, 15) is 4.79 Å². The van der Waals surface area contributed by atoms with Gasteiger partial charge in [0.1, 0.15) is 0 Å². The van der Waals surface area contributed by atoms with Crippen molar-refractivity contribution in [3.8, 4) is 11.1 Å². The number of carbonyl (C=O) groups is 1. The average Bonchev–Trinajstić information content (AvgIpc) is 3.18. The summed E-state index contributed by atoms with van der Waals surface area (Å²) in [6, 6.07) is 14.8. The van der Waals surface area contributed by atoms with Crippen molar-refractivity contribution in [1.82, 2.24) is 0 Å². The van der Waals surface area contributed by atoms with Crippen LogP contribution in [0.5, 0.6) is 0 Å². The number of nitrogens with two attached hydrogens (primary N) is 1. The van der Waals surface area contributed by atoms with E-state index in [2.05, 4.69) is 41.7 Å². The lowest BCUT2D eigenvalue weighted by Gasteiger charge is -2.17. The number of benzene rings is 2. The number of hydrogen-bond acceptors (Lipinski definition) is 2. The maximum absolute atomic E-state index is 12.5. The summed E-state index contributed by atoms with van der Waals surface area (Å²) in [5.74, 6) is 0.549. The van der Waals surface area contributed by atoms with Gasteiger partial charge in [0.15, 0.2) is 0 Å². The molecule has 2 aliphatic rings. The molecule has 2 atom stereocenters. The Bertz CT molecular complexity index is 753. The average molecular weight is 306 g/mol. The second kappa shape index (κ2) is 5.82. The van der Waals surface area contributed by atoms with Crippen molar-refractivity contribution in [2.75, 3.05) is 11.9 Å². The van der Waals surface area contributed by atoms with Gasteiger partial charge in [0.2, 0.25) is 5.91 Å². The van der Waals surface area contributed by atoms with E-state index in [0.29, 0.717) is 12.5 Å². The fourth-order valence-corrected chi connectivity index (χ4v) is 4.12. The lowest BCUT2D eigenvalue weighted by Crippen LogP contribution is -2.29. The minimum atomic E-state index is 0.0745. The van der Waals surface area contributed by atoms with Crippen molar-refractivity contribution < 1.29 is 4.79 Å². The molecule has 3 heteroatoms. The van der Waals surface area contributed by atoms with Gasteiger partial charge in [-0.25, -0.2) is 0 Å². The molecule has 118 valence electrons. The van der Waals surface area contributed by atoms with E-state index in [1.165, 1.54) is 22.3 Å². The minimum absolute atomic E-state index is 0.0745. The monoisotopic (exact) mass is 306 g/mol. The SMILES string of the molecule is NC[C@H]1CCC[C@H]1C(=O)Nc1ccc2c(c1)Cc1ccccc1-2. The second-order valence-electron chi connectivity index (χ2n) is 6.73. The van der Waals surface area contributed by atoms with E-state index in [1.807, 2.05) is 6.07 Å². The van der Waals surface area contributed by atoms with Crippen molar-refractivity contribution in [3.63, 3.8) is 0 Å². The van der Waals surface area contributed by atoms with E-state index in [1.54, 1.807) is 0 Å². The van der Waals surface area contributed by atoms with Crippen LogP contribution in [-0.2, 0) is 11.2 Å². The molecule has 3 N–H and O–H groups in total. The van der Waals surface area contributed by atoms with Crippen LogP contribution >= 0.6 is 0 Å². The Balaban J connectivity index is 1.54. The molecule has 23 heavy (non-hydrogen) atoms. The fraction of sp³-hybridized carbons (Fsp3) is 0.350. The van der Waals surface area contributed by atoms with Crippen molar-refractivity contribution >= 4 is 11.6 Å². The molecular formula is C20H22N2O. The first-order chi connectivity index (χ1) is 11.3. The van der Waals surface area contributed by atoms with Gasteiger partial charge < -0.3 is 11.1 Å². The molecule has 1 saturated carbocycles. The molecule has 0 saturated heterocycles. The highest BCUT2D eigenvalue weighted by Gasteiger charge is 2.32. The standard InChI is InChI=1S/C20H22N2O/c21-12-14-5-3-7-19(14)20(23)22-16-8-9-18-15(11-16)10-13-4-1-2-6-17(13)18/h1-2,4,6,8-9,11,14,19H,3,5,7,10,12,21H2,(H,22,23)/t14-,19-/m1/s1. The number of hydrogen-bond donors (Lipinski definition) is 2. The van der Waals surface area contributed by atoms with Gasteiger partial charge in [0, 0.05) is 11.6 Å². The normalized spacial score (nSPS) is 21.8. The summed E-state index contributed by atoms with van der Waals surface area (Å²) < 4.78 is 0. The molecule has 4 rings (SSSR count). The Morgan fingerprint density at radius 1 is 1.09 bits per heavy atom. The molecule has 1 fully saturated rings. The summed E-state index contributed by atoms with van der Waals surface area (Å²) in [7, 11) is 0. The van der Waals surface area contributed by atoms with Gasteiger partial charge in [-0.05, 0) is 66.1 Å². The summed E-state index contributed by atoms with van der Waals surface area (Å²) in [6.07, 6.45) is 4.10. The van der Waals surface area contributed by atoms with Crippen molar-refractivity contribution in [2.24, 2.45) is 17.6 Å². The highest BCUT2D eigenvalue weighted by molar-refractivity contribution is 5.93. The number of amides is 1.